The molecule has 2 rings (SSSR count). The molecule has 1 amide bonds. The van der Waals surface area contributed by atoms with Gasteiger partial charge >= 0.3 is 0 Å². The number of carbonyl (C=O) groups is 1. The minimum atomic E-state index is -0.103. The van der Waals surface area contributed by atoms with Gasteiger partial charge in [-0.3, -0.25) is 4.79 Å². The number of rotatable bonds is 3. The SMILES string of the molecule is CC(C)(C)c1nc(CC(=O)Nc2ccccc2N)cs1. The van der Waals surface area contributed by atoms with Gasteiger partial charge in [0.05, 0.1) is 28.5 Å². The first-order chi connectivity index (χ1) is 9.36. The van der Waals surface area contributed by atoms with Gasteiger partial charge in [-0.1, -0.05) is 32.9 Å². The van der Waals surface area contributed by atoms with Crippen molar-refractivity contribution in [1.29, 1.82) is 0 Å². The van der Waals surface area contributed by atoms with Crippen LogP contribution >= 0.6 is 11.3 Å². The molecule has 0 fully saturated rings. The number of nitrogen functional groups attached to an aromatic ring is 1. The Bertz CT molecular complexity index is 614. The van der Waals surface area contributed by atoms with Crippen molar-refractivity contribution in [2.24, 2.45) is 0 Å². The lowest BCUT2D eigenvalue weighted by molar-refractivity contribution is -0.115. The third-order valence-corrected chi connectivity index (χ3v) is 4.09. The number of benzene rings is 1. The second kappa shape index (κ2) is 5.63. The highest BCUT2D eigenvalue weighted by Gasteiger charge is 2.18. The van der Waals surface area contributed by atoms with Crippen molar-refractivity contribution in [2.45, 2.75) is 32.6 Å². The monoisotopic (exact) mass is 289 g/mol. The summed E-state index contributed by atoms with van der Waals surface area (Å²) in [6.07, 6.45) is 0.265. The van der Waals surface area contributed by atoms with Gasteiger partial charge in [-0.05, 0) is 12.1 Å². The summed E-state index contributed by atoms with van der Waals surface area (Å²) in [5, 5.41) is 5.79. The zero-order valence-corrected chi connectivity index (χ0v) is 12.8. The number of carbonyl (C=O) groups excluding carboxylic acids is 1. The fourth-order valence-electron chi connectivity index (χ4n) is 1.70. The average molecular weight is 289 g/mol. The quantitative estimate of drug-likeness (QED) is 0.853. The van der Waals surface area contributed by atoms with E-state index in [1.807, 2.05) is 17.5 Å². The Morgan fingerprint density at radius 1 is 1.35 bits per heavy atom. The topological polar surface area (TPSA) is 68.0 Å². The van der Waals surface area contributed by atoms with E-state index in [4.69, 9.17) is 5.73 Å². The number of amides is 1. The van der Waals surface area contributed by atoms with Crippen LogP contribution in [0.15, 0.2) is 29.6 Å². The zero-order valence-electron chi connectivity index (χ0n) is 11.9. The molecule has 0 unspecified atom stereocenters. The van der Waals surface area contributed by atoms with Crippen molar-refractivity contribution in [3.05, 3.63) is 40.3 Å². The molecular weight excluding hydrogens is 270 g/mol. The summed E-state index contributed by atoms with van der Waals surface area (Å²) in [4.78, 5) is 16.5. The molecule has 0 atom stereocenters. The van der Waals surface area contributed by atoms with Gasteiger partial charge in [-0.2, -0.15) is 0 Å². The van der Waals surface area contributed by atoms with Crippen LogP contribution < -0.4 is 11.1 Å². The smallest absolute Gasteiger partial charge is 0.230 e. The van der Waals surface area contributed by atoms with E-state index in [-0.39, 0.29) is 17.7 Å². The van der Waals surface area contributed by atoms with E-state index in [2.05, 4.69) is 31.1 Å². The Morgan fingerprint density at radius 2 is 2.05 bits per heavy atom. The number of hydrogen-bond donors (Lipinski definition) is 2. The standard InChI is InChI=1S/C15H19N3OS/c1-15(2,3)14-17-10(9-20-14)8-13(19)18-12-7-5-4-6-11(12)16/h4-7,9H,8,16H2,1-3H3,(H,18,19). The molecule has 0 bridgehead atoms. The molecule has 0 aliphatic heterocycles. The molecule has 1 aromatic carbocycles. The van der Waals surface area contributed by atoms with Crippen molar-refractivity contribution in [3.8, 4) is 0 Å². The fourth-order valence-corrected chi connectivity index (χ4v) is 2.61. The van der Waals surface area contributed by atoms with E-state index in [0.717, 1.165) is 10.7 Å². The number of nitrogens with two attached hydrogens (primary N) is 1. The van der Waals surface area contributed by atoms with E-state index in [0.29, 0.717) is 11.4 Å². The number of thiazole rings is 1. The first kappa shape index (κ1) is 14.5. The number of para-hydroxylation sites is 2. The lowest BCUT2D eigenvalue weighted by atomic mass is 9.98. The molecule has 0 aliphatic rings. The molecule has 0 saturated heterocycles. The van der Waals surface area contributed by atoms with E-state index < -0.39 is 0 Å². The number of hydrogen-bond acceptors (Lipinski definition) is 4. The van der Waals surface area contributed by atoms with Crippen LogP contribution in [0.25, 0.3) is 0 Å². The van der Waals surface area contributed by atoms with Crippen molar-refractivity contribution < 1.29 is 4.79 Å². The Morgan fingerprint density at radius 3 is 2.65 bits per heavy atom. The van der Waals surface area contributed by atoms with E-state index in [9.17, 15) is 4.79 Å². The van der Waals surface area contributed by atoms with Gasteiger partial charge in [0.1, 0.15) is 0 Å². The van der Waals surface area contributed by atoms with Crippen LogP contribution in [0.3, 0.4) is 0 Å². The second-order valence-electron chi connectivity index (χ2n) is 5.71. The summed E-state index contributed by atoms with van der Waals surface area (Å²) >= 11 is 1.59. The molecule has 4 nitrogen and oxygen atoms in total. The van der Waals surface area contributed by atoms with E-state index in [1.54, 1.807) is 23.5 Å². The Hall–Kier alpha value is -1.88. The summed E-state index contributed by atoms with van der Waals surface area (Å²) in [5.74, 6) is -0.103. The molecule has 2 aromatic rings. The van der Waals surface area contributed by atoms with Crippen LogP contribution in [-0.4, -0.2) is 10.9 Å². The van der Waals surface area contributed by atoms with Crippen LogP contribution in [0.1, 0.15) is 31.5 Å². The Labute approximate surface area is 123 Å². The summed E-state index contributed by atoms with van der Waals surface area (Å²) in [7, 11) is 0. The summed E-state index contributed by atoms with van der Waals surface area (Å²) < 4.78 is 0. The van der Waals surface area contributed by atoms with Crippen LogP contribution in [0.2, 0.25) is 0 Å². The maximum Gasteiger partial charge on any atom is 0.230 e. The molecule has 106 valence electrons. The molecule has 0 saturated carbocycles. The summed E-state index contributed by atoms with van der Waals surface area (Å²) in [6, 6.07) is 7.22. The summed E-state index contributed by atoms with van der Waals surface area (Å²) in [6.45, 7) is 6.33. The molecule has 5 heteroatoms. The molecule has 1 aromatic heterocycles. The van der Waals surface area contributed by atoms with Crippen LogP contribution in [0.4, 0.5) is 11.4 Å². The molecular formula is C15H19N3OS. The Balaban J connectivity index is 2.02. The van der Waals surface area contributed by atoms with Gasteiger partial charge in [-0.25, -0.2) is 4.98 Å². The minimum absolute atomic E-state index is 0.0171. The highest BCUT2D eigenvalue weighted by atomic mass is 32.1. The van der Waals surface area contributed by atoms with Crippen molar-refractivity contribution in [2.75, 3.05) is 11.1 Å². The predicted octanol–water partition coefficient (Wildman–Crippen LogP) is 3.20. The first-order valence-corrected chi connectivity index (χ1v) is 7.33. The molecule has 0 spiro atoms. The Kier molecular flexibility index (Phi) is 4.09. The van der Waals surface area contributed by atoms with Crippen molar-refractivity contribution in [1.82, 2.24) is 4.98 Å². The molecule has 1 heterocycles. The van der Waals surface area contributed by atoms with Gasteiger partial charge < -0.3 is 11.1 Å². The van der Waals surface area contributed by atoms with Crippen LogP contribution in [0, 0.1) is 0 Å². The van der Waals surface area contributed by atoms with Gasteiger partial charge in [0.2, 0.25) is 5.91 Å². The third-order valence-electron chi connectivity index (χ3n) is 2.77. The number of nitrogens with zero attached hydrogens (tertiary/aromatic N) is 1. The maximum absolute atomic E-state index is 12.0. The second-order valence-corrected chi connectivity index (χ2v) is 6.56. The molecule has 0 aliphatic carbocycles. The fraction of sp³-hybridized carbons (Fsp3) is 0.333. The predicted molar refractivity (Wildman–Crippen MR) is 84.0 cm³/mol. The molecule has 20 heavy (non-hydrogen) atoms. The largest absolute Gasteiger partial charge is 0.397 e. The number of anilines is 2. The van der Waals surface area contributed by atoms with E-state index in [1.165, 1.54) is 0 Å². The maximum atomic E-state index is 12.0. The zero-order chi connectivity index (χ0) is 14.8. The lowest BCUT2D eigenvalue weighted by Gasteiger charge is -2.13. The van der Waals surface area contributed by atoms with Crippen LogP contribution in [0.5, 0.6) is 0 Å². The third kappa shape index (κ3) is 3.57. The highest BCUT2D eigenvalue weighted by molar-refractivity contribution is 7.09. The normalized spacial score (nSPS) is 11.3. The van der Waals surface area contributed by atoms with Gasteiger partial charge in [0.15, 0.2) is 0 Å². The van der Waals surface area contributed by atoms with E-state index >= 15 is 0 Å². The highest BCUT2D eigenvalue weighted by Crippen LogP contribution is 2.26. The minimum Gasteiger partial charge on any atom is -0.397 e. The molecule has 0 radical (unpaired) electrons. The van der Waals surface area contributed by atoms with Crippen LogP contribution in [-0.2, 0) is 16.6 Å². The number of nitrogens with one attached hydrogen (secondary N) is 1. The van der Waals surface area contributed by atoms with Crippen molar-refractivity contribution >= 4 is 28.6 Å². The van der Waals surface area contributed by atoms with Gasteiger partial charge in [0.25, 0.3) is 0 Å². The lowest BCUT2D eigenvalue weighted by Crippen LogP contribution is -2.16. The van der Waals surface area contributed by atoms with Crippen molar-refractivity contribution in [3.63, 3.8) is 0 Å². The average Bonchev–Trinajstić information content (AvgIpc) is 2.80. The number of aromatic nitrogens is 1. The van der Waals surface area contributed by atoms with Gasteiger partial charge in [0, 0.05) is 10.8 Å². The van der Waals surface area contributed by atoms with Gasteiger partial charge in [-0.15, -0.1) is 11.3 Å². The molecule has 3 N–H and O–H groups in total. The summed E-state index contributed by atoms with van der Waals surface area (Å²) in [5.41, 5.74) is 7.82. The first-order valence-electron chi connectivity index (χ1n) is 6.45.